The second-order valence-electron chi connectivity index (χ2n) is 7.12. The van der Waals surface area contributed by atoms with E-state index >= 15 is 0 Å². The molecule has 0 saturated heterocycles. The van der Waals surface area contributed by atoms with E-state index in [0.717, 1.165) is 0 Å². The van der Waals surface area contributed by atoms with E-state index in [1.54, 1.807) is 48.7 Å². The fourth-order valence-electron chi connectivity index (χ4n) is 3.08. The Labute approximate surface area is 185 Å². The molecule has 0 aliphatic carbocycles. The number of carbonyl (C=O) groups excluding carboxylic acids is 1. The van der Waals surface area contributed by atoms with Crippen molar-refractivity contribution < 1.29 is 22.4 Å². The van der Waals surface area contributed by atoms with Gasteiger partial charge in [-0.3, -0.25) is 4.79 Å². The summed E-state index contributed by atoms with van der Waals surface area (Å²) < 4.78 is 51.1. The monoisotopic (exact) mass is 458 g/mol. The van der Waals surface area contributed by atoms with Crippen LogP contribution in [0.15, 0.2) is 60.8 Å². The predicted molar refractivity (Wildman–Crippen MR) is 116 cm³/mol. The molecule has 0 spiro atoms. The first kappa shape index (κ1) is 22.1. The minimum Gasteiger partial charge on any atom is -0.360 e. The summed E-state index contributed by atoms with van der Waals surface area (Å²) in [7, 11) is 0. The molecule has 0 radical (unpaired) electrons. The van der Waals surface area contributed by atoms with Crippen molar-refractivity contribution in [3.8, 4) is 0 Å². The summed E-state index contributed by atoms with van der Waals surface area (Å²) >= 11 is 0. The standard InChI is InChI=1S/C22H18F4N6O/c23-15-3-1-2-13(10-15)11-28-20(33)14-4-6-16(7-5-14)30-21-31-18-17(8-9-27-18)19(32-21)29-12-22(24,25)26/h1-10H,11-12H2,(H,28,33)(H3,27,29,30,31,32). The minimum atomic E-state index is -4.40. The Bertz CT molecular complexity index is 1270. The van der Waals surface area contributed by atoms with Crippen LogP contribution in [0.2, 0.25) is 0 Å². The van der Waals surface area contributed by atoms with E-state index in [-0.39, 0.29) is 30.0 Å². The maximum Gasteiger partial charge on any atom is 0.405 e. The summed E-state index contributed by atoms with van der Waals surface area (Å²) in [5, 5.41) is 8.33. The van der Waals surface area contributed by atoms with Gasteiger partial charge in [-0.25, -0.2) is 4.39 Å². The molecule has 0 atom stereocenters. The molecule has 2 heterocycles. The van der Waals surface area contributed by atoms with Crippen LogP contribution >= 0.6 is 0 Å². The highest BCUT2D eigenvalue weighted by atomic mass is 19.4. The van der Waals surface area contributed by atoms with Crippen LogP contribution in [-0.2, 0) is 6.54 Å². The molecule has 1 amide bonds. The Balaban J connectivity index is 1.43. The lowest BCUT2D eigenvalue weighted by Crippen LogP contribution is -2.22. The molecule has 0 saturated carbocycles. The lowest BCUT2D eigenvalue weighted by atomic mass is 10.1. The van der Waals surface area contributed by atoms with Crippen molar-refractivity contribution in [3.05, 3.63) is 77.7 Å². The maximum absolute atomic E-state index is 13.2. The van der Waals surface area contributed by atoms with Gasteiger partial charge in [-0.2, -0.15) is 23.1 Å². The Kier molecular flexibility index (Phi) is 6.11. The number of fused-ring (bicyclic) bond motifs is 1. The molecule has 11 heteroatoms. The maximum atomic E-state index is 13.2. The average Bonchev–Trinajstić information content (AvgIpc) is 3.25. The van der Waals surface area contributed by atoms with Gasteiger partial charge in [0.25, 0.3) is 5.91 Å². The van der Waals surface area contributed by atoms with Crippen molar-refractivity contribution in [2.24, 2.45) is 0 Å². The summed E-state index contributed by atoms with van der Waals surface area (Å²) in [6, 6.07) is 13.9. The van der Waals surface area contributed by atoms with Crippen molar-refractivity contribution in [2.45, 2.75) is 12.7 Å². The molecule has 4 aromatic rings. The van der Waals surface area contributed by atoms with E-state index in [0.29, 0.717) is 27.8 Å². The molecule has 33 heavy (non-hydrogen) atoms. The molecule has 2 aromatic carbocycles. The third-order valence-electron chi connectivity index (χ3n) is 4.62. The highest BCUT2D eigenvalue weighted by molar-refractivity contribution is 5.94. The zero-order chi connectivity index (χ0) is 23.4. The number of nitrogens with one attached hydrogen (secondary N) is 4. The fraction of sp³-hybridized carbons (Fsp3) is 0.136. The van der Waals surface area contributed by atoms with E-state index < -0.39 is 12.7 Å². The minimum absolute atomic E-state index is 0.0365. The van der Waals surface area contributed by atoms with Crippen molar-refractivity contribution >= 4 is 34.4 Å². The van der Waals surface area contributed by atoms with Gasteiger partial charge in [0.2, 0.25) is 5.95 Å². The molecule has 0 unspecified atom stereocenters. The third-order valence-corrected chi connectivity index (χ3v) is 4.62. The number of benzene rings is 2. The number of hydrogen-bond donors (Lipinski definition) is 4. The number of carbonyl (C=O) groups is 1. The van der Waals surface area contributed by atoms with Gasteiger partial charge in [-0.1, -0.05) is 12.1 Å². The fourth-order valence-corrected chi connectivity index (χ4v) is 3.08. The van der Waals surface area contributed by atoms with Crippen molar-refractivity contribution in [1.29, 1.82) is 0 Å². The largest absolute Gasteiger partial charge is 0.405 e. The normalized spacial score (nSPS) is 11.4. The Hall–Kier alpha value is -4.15. The molecule has 0 bridgehead atoms. The van der Waals surface area contributed by atoms with Gasteiger partial charge in [0.05, 0.1) is 5.39 Å². The molecular weight excluding hydrogens is 440 g/mol. The Morgan fingerprint density at radius 3 is 2.55 bits per heavy atom. The number of nitrogens with zero attached hydrogens (tertiary/aromatic N) is 2. The summed E-state index contributed by atoms with van der Waals surface area (Å²) in [6.45, 7) is -1.06. The highest BCUT2D eigenvalue weighted by Crippen LogP contribution is 2.25. The van der Waals surface area contributed by atoms with Crippen molar-refractivity contribution in [2.75, 3.05) is 17.2 Å². The summed E-state index contributed by atoms with van der Waals surface area (Å²) in [5.41, 5.74) is 1.91. The van der Waals surface area contributed by atoms with Crippen LogP contribution in [0.4, 0.5) is 35.0 Å². The molecule has 0 aliphatic heterocycles. The SMILES string of the molecule is O=C(NCc1cccc(F)c1)c1ccc(Nc2nc(NCC(F)(F)F)c3cc[nH]c3n2)cc1. The number of H-pyrrole nitrogens is 1. The number of halogens is 4. The molecule has 4 rings (SSSR count). The van der Waals surface area contributed by atoms with Crippen LogP contribution in [0.3, 0.4) is 0 Å². The number of hydrogen-bond acceptors (Lipinski definition) is 5. The van der Waals surface area contributed by atoms with Crippen molar-refractivity contribution in [3.63, 3.8) is 0 Å². The quantitative estimate of drug-likeness (QED) is 0.300. The van der Waals surface area contributed by atoms with Crippen LogP contribution in [0.5, 0.6) is 0 Å². The van der Waals surface area contributed by atoms with Gasteiger partial charge < -0.3 is 20.9 Å². The van der Waals surface area contributed by atoms with Crippen LogP contribution in [0, 0.1) is 5.82 Å². The lowest BCUT2D eigenvalue weighted by Gasteiger charge is -2.12. The Morgan fingerprint density at radius 1 is 1.03 bits per heavy atom. The number of rotatable bonds is 7. The molecule has 170 valence electrons. The first-order valence-corrected chi connectivity index (χ1v) is 9.82. The first-order valence-electron chi connectivity index (χ1n) is 9.82. The molecule has 2 aromatic heterocycles. The summed E-state index contributed by atoms with van der Waals surface area (Å²) in [4.78, 5) is 23.6. The van der Waals surface area contributed by atoms with E-state index in [4.69, 9.17) is 0 Å². The zero-order valence-corrected chi connectivity index (χ0v) is 17.0. The molecule has 0 fully saturated rings. The number of alkyl halides is 3. The van der Waals surface area contributed by atoms with Crippen LogP contribution in [-0.4, -0.2) is 33.6 Å². The lowest BCUT2D eigenvalue weighted by molar-refractivity contribution is -0.115. The predicted octanol–water partition coefficient (Wildman–Crippen LogP) is 4.74. The van der Waals surface area contributed by atoms with Gasteiger partial charge in [-0.15, -0.1) is 0 Å². The molecule has 0 aliphatic rings. The van der Waals surface area contributed by atoms with Gasteiger partial charge >= 0.3 is 6.18 Å². The van der Waals surface area contributed by atoms with Gasteiger partial charge in [0, 0.05) is 24.0 Å². The van der Waals surface area contributed by atoms with Gasteiger partial charge in [0.15, 0.2) is 0 Å². The number of anilines is 3. The van der Waals surface area contributed by atoms with Crippen LogP contribution < -0.4 is 16.0 Å². The third kappa shape index (κ3) is 5.76. The van der Waals surface area contributed by atoms with Gasteiger partial charge in [0.1, 0.15) is 23.8 Å². The number of amides is 1. The summed E-state index contributed by atoms with van der Waals surface area (Å²) in [6.07, 6.45) is -2.84. The zero-order valence-electron chi connectivity index (χ0n) is 17.0. The first-order chi connectivity index (χ1) is 15.8. The average molecular weight is 458 g/mol. The number of aromatic amines is 1. The second-order valence-corrected chi connectivity index (χ2v) is 7.12. The van der Waals surface area contributed by atoms with E-state index in [1.807, 2.05) is 0 Å². The van der Waals surface area contributed by atoms with Crippen molar-refractivity contribution in [1.82, 2.24) is 20.3 Å². The molecule has 4 N–H and O–H groups in total. The molecular formula is C22H18F4N6O. The van der Waals surface area contributed by atoms with E-state index in [1.165, 1.54) is 12.1 Å². The van der Waals surface area contributed by atoms with E-state index in [9.17, 15) is 22.4 Å². The Morgan fingerprint density at radius 2 is 1.82 bits per heavy atom. The van der Waals surface area contributed by atoms with E-state index in [2.05, 4.69) is 30.9 Å². The smallest absolute Gasteiger partial charge is 0.360 e. The topological polar surface area (TPSA) is 94.7 Å². The van der Waals surface area contributed by atoms with Crippen LogP contribution in [0.25, 0.3) is 11.0 Å². The number of aromatic nitrogens is 3. The van der Waals surface area contributed by atoms with Gasteiger partial charge in [-0.05, 0) is 48.0 Å². The highest BCUT2D eigenvalue weighted by Gasteiger charge is 2.27. The second kappa shape index (κ2) is 9.15. The van der Waals surface area contributed by atoms with Crippen LogP contribution in [0.1, 0.15) is 15.9 Å². The molecule has 7 nitrogen and oxygen atoms in total. The summed E-state index contributed by atoms with van der Waals surface area (Å²) in [5.74, 6) is -0.602.